The second-order valence-corrected chi connectivity index (χ2v) is 4.24. The third-order valence-corrected chi connectivity index (χ3v) is 2.65. The number of benzene rings is 1. The highest BCUT2D eigenvalue weighted by Gasteiger charge is 2.29. The molecule has 2 rings (SSSR count). The van der Waals surface area contributed by atoms with Crippen LogP contribution in [0.2, 0.25) is 0 Å². The summed E-state index contributed by atoms with van der Waals surface area (Å²) in [5.41, 5.74) is 0.387. The normalized spacial score (nSPS) is 11.0. The van der Waals surface area contributed by atoms with Gasteiger partial charge >= 0.3 is 12.2 Å². The Morgan fingerprint density at radius 1 is 1.14 bits per heavy atom. The first-order chi connectivity index (χ1) is 9.95. The summed E-state index contributed by atoms with van der Waals surface area (Å²) in [5, 5.41) is 5.10. The maximum atomic E-state index is 12.4. The fourth-order valence-electron chi connectivity index (χ4n) is 1.61. The molecule has 0 aliphatic carbocycles. The van der Waals surface area contributed by atoms with Crippen LogP contribution in [-0.4, -0.2) is 11.0 Å². The summed E-state index contributed by atoms with van der Waals surface area (Å²) in [6, 6.07) is 7.51. The van der Waals surface area contributed by atoms with Crippen molar-refractivity contribution in [3.05, 3.63) is 59.9 Å². The zero-order chi connectivity index (χ0) is 15.3. The lowest BCUT2D eigenvalue weighted by molar-refractivity contribution is -0.137. The summed E-state index contributed by atoms with van der Waals surface area (Å²) in [6.45, 7) is 0.129. The van der Waals surface area contributed by atoms with Crippen LogP contribution in [0, 0.1) is 0 Å². The van der Waals surface area contributed by atoms with Crippen LogP contribution in [0.4, 0.5) is 23.7 Å². The number of aromatic nitrogens is 1. The van der Waals surface area contributed by atoms with Crippen LogP contribution in [0.1, 0.15) is 11.1 Å². The highest BCUT2D eigenvalue weighted by molar-refractivity contribution is 5.88. The molecular weight excluding hydrogens is 283 g/mol. The number of anilines is 1. The fourth-order valence-corrected chi connectivity index (χ4v) is 1.61. The van der Waals surface area contributed by atoms with Gasteiger partial charge in [0.2, 0.25) is 0 Å². The minimum absolute atomic E-state index is 0.129. The van der Waals surface area contributed by atoms with Crippen LogP contribution in [-0.2, 0) is 12.7 Å². The summed E-state index contributed by atoms with van der Waals surface area (Å²) in [6.07, 6.45) is -1.30. The predicted octanol–water partition coefficient (Wildman–Crippen LogP) is 3.42. The van der Waals surface area contributed by atoms with Crippen molar-refractivity contribution in [2.75, 3.05) is 5.32 Å². The molecule has 110 valence electrons. The first kappa shape index (κ1) is 14.8. The third kappa shape index (κ3) is 4.48. The number of alkyl halides is 3. The number of hydrogen-bond acceptors (Lipinski definition) is 2. The van der Waals surface area contributed by atoms with E-state index in [0.717, 1.165) is 12.1 Å². The van der Waals surface area contributed by atoms with Gasteiger partial charge in [0.05, 0.1) is 17.4 Å². The van der Waals surface area contributed by atoms with E-state index in [1.54, 1.807) is 18.3 Å². The number of nitrogens with one attached hydrogen (secondary N) is 2. The molecule has 7 heteroatoms. The van der Waals surface area contributed by atoms with Gasteiger partial charge < -0.3 is 10.6 Å². The topological polar surface area (TPSA) is 54.0 Å². The Bertz CT molecular complexity index is 597. The Labute approximate surface area is 119 Å². The molecule has 4 nitrogen and oxygen atoms in total. The number of carbonyl (C=O) groups is 1. The number of urea groups is 1. The standard InChI is InChI=1S/C14H12F3N3O/c15-14(16,17)11-5-3-10(4-6-11)8-19-13(21)20-12-2-1-7-18-9-12/h1-7,9H,8H2,(H2,19,20,21). The monoisotopic (exact) mass is 295 g/mol. The molecule has 0 spiro atoms. The smallest absolute Gasteiger partial charge is 0.334 e. The first-order valence-electron chi connectivity index (χ1n) is 6.06. The molecule has 21 heavy (non-hydrogen) atoms. The molecular formula is C14H12F3N3O. The largest absolute Gasteiger partial charge is 0.416 e. The molecule has 0 radical (unpaired) electrons. The zero-order valence-corrected chi connectivity index (χ0v) is 10.8. The molecule has 0 atom stereocenters. The molecule has 0 saturated carbocycles. The number of amides is 2. The van der Waals surface area contributed by atoms with Crippen LogP contribution < -0.4 is 10.6 Å². The SMILES string of the molecule is O=C(NCc1ccc(C(F)(F)F)cc1)Nc1cccnc1. The van der Waals surface area contributed by atoms with E-state index in [-0.39, 0.29) is 6.54 Å². The Morgan fingerprint density at radius 3 is 2.43 bits per heavy atom. The Kier molecular flexibility index (Phi) is 4.42. The van der Waals surface area contributed by atoms with Gasteiger partial charge in [-0.3, -0.25) is 4.98 Å². The predicted molar refractivity (Wildman–Crippen MR) is 71.5 cm³/mol. The maximum Gasteiger partial charge on any atom is 0.416 e. The summed E-state index contributed by atoms with van der Waals surface area (Å²) in [7, 11) is 0. The van der Waals surface area contributed by atoms with E-state index in [1.807, 2.05) is 0 Å². The van der Waals surface area contributed by atoms with E-state index in [9.17, 15) is 18.0 Å². The molecule has 2 amide bonds. The van der Waals surface area contributed by atoms with Gasteiger partial charge in [0.25, 0.3) is 0 Å². The molecule has 0 aliphatic heterocycles. The van der Waals surface area contributed by atoms with Gasteiger partial charge in [0.15, 0.2) is 0 Å². The fraction of sp³-hybridized carbons (Fsp3) is 0.143. The maximum absolute atomic E-state index is 12.4. The van der Waals surface area contributed by atoms with Gasteiger partial charge in [-0.2, -0.15) is 13.2 Å². The van der Waals surface area contributed by atoms with Gasteiger partial charge in [0, 0.05) is 12.7 Å². The van der Waals surface area contributed by atoms with E-state index >= 15 is 0 Å². The minimum atomic E-state index is -4.36. The van der Waals surface area contributed by atoms with Gasteiger partial charge in [-0.05, 0) is 29.8 Å². The van der Waals surface area contributed by atoms with Gasteiger partial charge in [0.1, 0.15) is 0 Å². The Morgan fingerprint density at radius 2 is 1.86 bits per heavy atom. The van der Waals surface area contributed by atoms with E-state index in [1.165, 1.54) is 18.3 Å². The Hall–Kier alpha value is -2.57. The van der Waals surface area contributed by atoms with Crippen molar-refractivity contribution >= 4 is 11.7 Å². The highest BCUT2D eigenvalue weighted by atomic mass is 19.4. The number of halogens is 3. The third-order valence-electron chi connectivity index (χ3n) is 2.65. The molecule has 0 unspecified atom stereocenters. The molecule has 1 aromatic carbocycles. The molecule has 0 aliphatic rings. The molecule has 1 aromatic heterocycles. The first-order valence-corrected chi connectivity index (χ1v) is 6.06. The van der Waals surface area contributed by atoms with Crippen molar-refractivity contribution in [1.82, 2.24) is 10.3 Å². The average molecular weight is 295 g/mol. The second-order valence-electron chi connectivity index (χ2n) is 4.24. The Balaban J connectivity index is 1.87. The summed E-state index contributed by atoms with van der Waals surface area (Å²) in [4.78, 5) is 15.4. The second kappa shape index (κ2) is 6.25. The average Bonchev–Trinajstić information content (AvgIpc) is 2.46. The lowest BCUT2D eigenvalue weighted by atomic mass is 10.1. The number of hydrogen-bond donors (Lipinski definition) is 2. The molecule has 2 N–H and O–H groups in total. The summed E-state index contributed by atoms with van der Waals surface area (Å²) < 4.78 is 37.2. The van der Waals surface area contributed by atoms with Gasteiger partial charge in [-0.15, -0.1) is 0 Å². The molecule has 0 fully saturated rings. The highest BCUT2D eigenvalue weighted by Crippen LogP contribution is 2.28. The molecule has 2 aromatic rings. The van der Waals surface area contributed by atoms with Gasteiger partial charge in [-0.25, -0.2) is 4.79 Å². The van der Waals surface area contributed by atoms with Crippen LogP contribution in [0.15, 0.2) is 48.8 Å². The molecule has 1 heterocycles. The van der Waals surface area contributed by atoms with Crippen LogP contribution in [0.5, 0.6) is 0 Å². The van der Waals surface area contributed by atoms with E-state index in [0.29, 0.717) is 11.3 Å². The summed E-state index contributed by atoms with van der Waals surface area (Å²) in [5.74, 6) is 0. The lowest BCUT2D eigenvalue weighted by Crippen LogP contribution is -2.28. The van der Waals surface area contributed by atoms with Crippen molar-refractivity contribution in [1.29, 1.82) is 0 Å². The van der Waals surface area contributed by atoms with Crippen LogP contribution >= 0.6 is 0 Å². The van der Waals surface area contributed by atoms with E-state index in [4.69, 9.17) is 0 Å². The van der Waals surface area contributed by atoms with Crippen molar-refractivity contribution < 1.29 is 18.0 Å². The van der Waals surface area contributed by atoms with Crippen molar-refractivity contribution in [2.45, 2.75) is 12.7 Å². The molecule has 0 saturated heterocycles. The number of pyridine rings is 1. The quantitative estimate of drug-likeness (QED) is 0.911. The van der Waals surface area contributed by atoms with E-state index in [2.05, 4.69) is 15.6 Å². The van der Waals surface area contributed by atoms with Crippen molar-refractivity contribution in [3.8, 4) is 0 Å². The number of carbonyl (C=O) groups excluding carboxylic acids is 1. The number of rotatable bonds is 3. The minimum Gasteiger partial charge on any atom is -0.334 e. The molecule has 0 bridgehead atoms. The van der Waals surface area contributed by atoms with Crippen LogP contribution in [0.25, 0.3) is 0 Å². The summed E-state index contributed by atoms with van der Waals surface area (Å²) >= 11 is 0. The van der Waals surface area contributed by atoms with Gasteiger partial charge in [-0.1, -0.05) is 12.1 Å². The van der Waals surface area contributed by atoms with E-state index < -0.39 is 17.8 Å². The van der Waals surface area contributed by atoms with Crippen molar-refractivity contribution in [2.24, 2.45) is 0 Å². The van der Waals surface area contributed by atoms with Crippen LogP contribution in [0.3, 0.4) is 0 Å². The number of nitrogens with zero attached hydrogens (tertiary/aromatic N) is 1. The zero-order valence-electron chi connectivity index (χ0n) is 10.8. The van der Waals surface area contributed by atoms with Crippen molar-refractivity contribution in [3.63, 3.8) is 0 Å². The lowest BCUT2D eigenvalue weighted by Gasteiger charge is -2.09.